The zero-order valence-corrected chi connectivity index (χ0v) is 15.7. The maximum Gasteiger partial charge on any atom is 0.238 e. The number of carbonyl (C=O) groups is 1. The molecule has 1 saturated heterocycles. The molecule has 0 bridgehead atoms. The third-order valence-corrected chi connectivity index (χ3v) is 5.68. The van der Waals surface area contributed by atoms with Crippen LogP contribution in [0.4, 0.5) is 5.69 Å². The van der Waals surface area contributed by atoms with Gasteiger partial charge in [-0.25, -0.2) is 13.6 Å². The highest BCUT2D eigenvalue weighted by molar-refractivity contribution is 7.89. The molecule has 1 aliphatic heterocycles. The van der Waals surface area contributed by atoms with Crippen LogP contribution in [-0.2, 0) is 14.8 Å². The first-order valence-corrected chi connectivity index (χ1v) is 10.3. The highest BCUT2D eigenvalue weighted by Crippen LogP contribution is 2.26. The average molecular weight is 388 g/mol. The summed E-state index contributed by atoms with van der Waals surface area (Å²) >= 11 is 0. The Balaban J connectivity index is 1.53. The number of amides is 1. The van der Waals surface area contributed by atoms with Crippen molar-refractivity contribution in [2.45, 2.75) is 23.3 Å². The van der Waals surface area contributed by atoms with Crippen molar-refractivity contribution < 1.29 is 13.2 Å². The van der Waals surface area contributed by atoms with Gasteiger partial charge in [0.2, 0.25) is 15.9 Å². The van der Waals surface area contributed by atoms with Crippen LogP contribution in [0.3, 0.4) is 0 Å². The molecule has 144 valence electrons. The molecule has 27 heavy (non-hydrogen) atoms. The average Bonchev–Trinajstić information content (AvgIpc) is 3.01. The number of primary sulfonamides is 1. The van der Waals surface area contributed by atoms with Crippen LogP contribution in [0.15, 0.2) is 59.5 Å². The quantitative estimate of drug-likeness (QED) is 0.684. The van der Waals surface area contributed by atoms with E-state index in [1.54, 1.807) is 12.1 Å². The number of benzene rings is 2. The van der Waals surface area contributed by atoms with Crippen LogP contribution >= 0.6 is 0 Å². The normalized spacial score (nSPS) is 20.5. The number of rotatable bonds is 6. The van der Waals surface area contributed by atoms with Crippen molar-refractivity contribution in [2.75, 3.05) is 25.0 Å². The summed E-state index contributed by atoms with van der Waals surface area (Å²) < 4.78 is 22.8. The second-order valence-electron chi connectivity index (χ2n) is 6.81. The summed E-state index contributed by atoms with van der Waals surface area (Å²) in [5.74, 6) is 0.0824. The first-order chi connectivity index (χ1) is 12.8. The van der Waals surface area contributed by atoms with E-state index in [0.717, 1.165) is 13.1 Å². The van der Waals surface area contributed by atoms with Crippen molar-refractivity contribution in [3.8, 4) is 0 Å². The molecule has 1 fully saturated rings. The molecule has 2 aromatic carbocycles. The third kappa shape index (κ3) is 5.14. The number of nitrogens with zero attached hydrogens (tertiary/aromatic N) is 1. The molecule has 0 radical (unpaired) electrons. The minimum atomic E-state index is -3.80. The van der Waals surface area contributed by atoms with Crippen LogP contribution in [0.5, 0.6) is 0 Å². The molecule has 0 aliphatic carbocycles. The summed E-state index contributed by atoms with van der Waals surface area (Å²) in [6.45, 7) is 2.16. The fourth-order valence-electron chi connectivity index (χ4n) is 3.38. The molecule has 7 nitrogen and oxygen atoms in total. The monoisotopic (exact) mass is 388 g/mol. The molecule has 1 aliphatic rings. The van der Waals surface area contributed by atoms with Crippen molar-refractivity contribution in [2.24, 2.45) is 10.9 Å². The van der Waals surface area contributed by atoms with Crippen molar-refractivity contribution in [3.05, 3.63) is 60.2 Å². The van der Waals surface area contributed by atoms with Gasteiger partial charge in [0.25, 0.3) is 0 Å². The van der Waals surface area contributed by atoms with Crippen molar-refractivity contribution in [1.82, 2.24) is 4.90 Å². The van der Waals surface area contributed by atoms with Gasteiger partial charge in [0, 0.05) is 43.7 Å². The lowest BCUT2D eigenvalue weighted by atomic mass is 9.95. The molecular weight excluding hydrogens is 364 g/mol. The fraction of sp³-hybridized carbons (Fsp3) is 0.316. The van der Waals surface area contributed by atoms with Gasteiger partial charge in [0.1, 0.15) is 0 Å². The first-order valence-electron chi connectivity index (χ1n) is 8.78. The predicted molar refractivity (Wildman–Crippen MR) is 105 cm³/mol. The largest absolute Gasteiger partial charge is 0.326 e. The van der Waals surface area contributed by atoms with Gasteiger partial charge in [-0.3, -0.25) is 4.79 Å². The number of sulfonamides is 1. The van der Waals surface area contributed by atoms with E-state index in [9.17, 15) is 13.2 Å². The molecule has 2 atom stereocenters. The zero-order chi connectivity index (χ0) is 19.4. The highest BCUT2D eigenvalue weighted by Gasteiger charge is 2.31. The maximum atomic E-state index is 12.2. The Morgan fingerprint density at radius 2 is 1.85 bits per heavy atom. The van der Waals surface area contributed by atoms with Crippen LogP contribution in [0.2, 0.25) is 0 Å². The molecule has 0 saturated carbocycles. The number of hydrogen-bond acceptors (Lipinski definition) is 5. The predicted octanol–water partition coefficient (Wildman–Crippen LogP) is 1.09. The van der Waals surface area contributed by atoms with Gasteiger partial charge in [0.05, 0.1) is 4.90 Å². The highest BCUT2D eigenvalue weighted by atomic mass is 32.2. The van der Waals surface area contributed by atoms with E-state index in [1.165, 1.54) is 17.7 Å². The molecule has 3 rings (SSSR count). The van der Waals surface area contributed by atoms with Crippen molar-refractivity contribution >= 4 is 21.6 Å². The van der Waals surface area contributed by atoms with E-state index in [4.69, 9.17) is 10.9 Å². The number of likely N-dealkylation sites (tertiary alicyclic amines) is 1. The van der Waals surface area contributed by atoms with Crippen LogP contribution in [0.25, 0.3) is 0 Å². The Kier molecular flexibility index (Phi) is 5.91. The Hall–Kier alpha value is -2.26. The molecule has 1 amide bonds. The van der Waals surface area contributed by atoms with Gasteiger partial charge in [-0.1, -0.05) is 36.4 Å². The van der Waals surface area contributed by atoms with Gasteiger partial charge in [0.15, 0.2) is 0 Å². The Morgan fingerprint density at radius 1 is 1.11 bits per heavy atom. The van der Waals surface area contributed by atoms with E-state index in [2.05, 4.69) is 22.3 Å². The van der Waals surface area contributed by atoms with E-state index < -0.39 is 10.0 Å². The number of nitrogens with two attached hydrogens (primary N) is 2. The summed E-state index contributed by atoms with van der Waals surface area (Å²) in [5, 5.41) is 7.83. The van der Waals surface area contributed by atoms with Crippen LogP contribution in [-0.4, -0.2) is 44.9 Å². The molecule has 0 spiro atoms. The lowest BCUT2D eigenvalue weighted by Gasteiger charge is -2.16. The first kappa shape index (κ1) is 19.5. The van der Waals surface area contributed by atoms with E-state index >= 15 is 0 Å². The van der Waals surface area contributed by atoms with E-state index in [0.29, 0.717) is 18.7 Å². The van der Waals surface area contributed by atoms with Crippen molar-refractivity contribution in [3.63, 3.8) is 0 Å². The lowest BCUT2D eigenvalue weighted by Crippen LogP contribution is -2.30. The Morgan fingerprint density at radius 3 is 2.56 bits per heavy atom. The molecule has 8 heteroatoms. The Bertz CT molecular complexity index is 902. The summed E-state index contributed by atoms with van der Waals surface area (Å²) in [6.07, 6.45) is 0.299. The smallest absolute Gasteiger partial charge is 0.238 e. The summed E-state index contributed by atoms with van der Waals surface area (Å²) in [4.78, 5) is 14.4. The standard InChI is InChI=1S/C19H24N4O3S/c20-18-13-23(12-17(18)14-5-2-1-3-6-14)10-9-19(24)22-15-7-4-8-16(11-15)27(21,25)26/h1-8,11,17-18H,9-10,12-13,20H2,(H,22,24)(H2,21,25,26)/t17-,18+/m0/s1. The zero-order valence-electron chi connectivity index (χ0n) is 14.9. The van der Waals surface area contributed by atoms with Crippen molar-refractivity contribution in [1.29, 1.82) is 0 Å². The molecular formula is C19H24N4O3S. The van der Waals surface area contributed by atoms with Crippen LogP contribution < -0.4 is 16.2 Å². The summed E-state index contributed by atoms with van der Waals surface area (Å²) in [7, 11) is -3.80. The second-order valence-corrected chi connectivity index (χ2v) is 8.37. The van der Waals surface area contributed by atoms with Crippen LogP contribution in [0, 0.1) is 0 Å². The topological polar surface area (TPSA) is 119 Å². The third-order valence-electron chi connectivity index (χ3n) is 4.77. The molecule has 2 aromatic rings. The Labute approximate surface area is 159 Å². The molecule has 0 unspecified atom stereocenters. The maximum absolute atomic E-state index is 12.2. The van der Waals surface area contributed by atoms with Crippen LogP contribution in [0.1, 0.15) is 17.9 Å². The number of carbonyl (C=O) groups excluding carboxylic acids is 1. The van der Waals surface area contributed by atoms with Gasteiger partial charge in [-0.2, -0.15) is 0 Å². The minimum absolute atomic E-state index is 0.0310. The SMILES string of the molecule is N[C@@H]1CN(CCC(=O)Nc2cccc(S(N)(=O)=O)c2)C[C@H]1c1ccccc1. The molecule has 5 N–H and O–H groups in total. The van der Waals surface area contributed by atoms with Gasteiger partial charge in [-0.05, 0) is 23.8 Å². The van der Waals surface area contributed by atoms with Gasteiger partial charge >= 0.3 is 0 Å². The number of anilines is 1. The van der Waals surface area contributed by atoms with Gasteiger partial charge < -0.3 is 16.0 Å². The minimum Gasteiger partial charge on any atom is -0.326 e. The molecule has 1 heterocycles. The fourth-order valence-corrected chi connectivity index (χ4v) is 3.94. The molecule has 0 aromatic heterocycles. The second kappa shape index (κ2) is 8.18. The van der Waals surface area contributed by atoms with E-state index in [-0.39, 0.29) is 22.8 Å². The summed E-state index contributed by atoms with van der Waals surface area (Å²) in [6, 6.07) is 16.1. The van der Waals surface area contributed by atoms with Gasteiger partial charge in [-0.15, -0.1) is 0 Å². The number of hydrogen-bond donors (Lipinski definition) is 3. The number of nitrogens with one attached hydrogen (secondary N) is 1. The lowest BCUT2D eigenvalue weighted by molar-refractivity contribution is -0.116. The summed E-state index contributed by atoms with van der Waals surface area (Å²) in [5.41, 5.74) is 7.91. The van der Waals surface area contributed by atoms with E-state index in [1.807, 2.05) is 18.2 Å².